The molecule has 0 aromatic carbocycles. The van der Waals surface area contributed by atoms with Crippen molar-refractivity contribution in [1.29, 1.82) is 0 Å². The van der Waals surface area contributed by atoms with Crippen LogP contribution in [0, 0.1) is 11.8 Å². The molecule has 0 saturated carbocycles. The van der Waals surface area contributed by atoms with Crippen molar-refractivity contribution >= 4 is 5.91 Å². The van der Waals surface area contributed by atoms with Gasteiger partial charge in [-0.05, 0) is 31.2 Å². The van der Waals surface area contributed by atoms with Gasteiger partial charge < -0.3 is 10.6 Å². The van der Waals surface area contributed by atoms with Crippen LogP contribution >= 0.6 is 0 Å². The van der Waals surface area contributed by atoms with Crippen LogP contribution in [0.15, 0.2) is 0 Å². The smallest absolute Gasteiger partial charge is 0.222 e. The lowest BCUT2D eigenvalue weighted by Gasteiger charge is -2.35. The maximum absolute atomic E-state index is 11.7. The maximum Gasteiger partial charge on any atom is 0.222 e. The molecule has 0 spiro atoms. The molecule has 1 saturated heterocycles. The average Bonchev–Trinajstić information content (AvgIpc) is 2.12. The Morgan fingerprint density at radius 1 is 1.36 bits per heavy atom. The third-order valence-corrected chi connectivity index (χ3v) is 2.82. The first-order chi connectivity index (χ1) is 6.63. The quantitative estimate of drug-likeness (QED) is 0.741. The summed E-state index contributed by atoms with van der Waals surface area (Å²) in [5, 5.41) is 0. The second kappa shape index (κ2) is 5.35. The fourth-order valence-electron chi connectivity index (χ4n) is 2.28. The van der Waals surface area contributed by atoms with Crippen molar-refractivity contribution in [3.63, 3.8) is 0 Å². The maximum atomic E-state index is 11.7. The summed E-state index contributed by atoms with van der Waals surface area (Å²) < 4.78 is 0. The largest absolute Gasteiger partial charge is 0.342 e. The van der Waals surface area contributed by atoms with Crippen LogP contribution in [0.1, 0.15) is 33.1 Å². The molecule has 3 nitrogen and oxygen atoms in total. The van der Waals surface area contributed by atoms with Crippen molar-refractivity contribution in [3.05, 3.63) is 0 Å². The van der Waals surface area contributed by atoms with Gasteiger partial charge >= 0.3 is 0 Å². The van der Waals surface area contributed by atoms with Gasteiger partial charge in [0.15, 0.2) is 0 Å². The van der Waals surface area contributed by atoms with E-state index in [1.807, 2.05) is 4.90 Å². The molecule has 0 aromatic rings. The number of likely N-dealkylation sites (tertiary alicyclic amines) is 1. The highest BCUT2D eigenvalue weighted by molar-refractivity contribution is 5.76. The number of nitrogens with zero attached hydrogens (tertiary/aromatic N) is 1. The van der Waals surface area contributed by atoms with Crippen LogP contribution in [0.5, 0.6) is 0 Å². The van der Waals surface area contributed by atoms with Crippen molar-refractivity contribution < 1.29 is 4.79 Å². The van der Waals surface area contributed by atoms with Crippen molar-refractivity contribution in [2.24, 2.45) is 17.6 Å². The van der Waals surface area contributed by atoms with E-state index in [4.69, 9.17) is 5.73 Å². The number of hydrogen-bond acceptors (Lipinski definition) is 2. The number of carbonyl (C=O) groups is 1. The minimum atomic E-state index is 0.286. The molecule has 0 bridgehead atoms. The van der Waals surface area contributed by atoms with Gasteiger partial charge in [0, 0.05) is 19.5 Å². The Hall–Kier alpha value is -0.570. The molecule has 3 heteroatoms. The molecule has 0 aromatic heterocycles. The van der Waals surface area contributed by atoms with Crippen LogP contribution in [0.3, 0.4) is 0 Å². The SMILES string of the molecule is CC1CC(C)CN(C(=O)CCCN)C1. The predicted molar refractivity (Wildman–Crippen MR) is 57.8 cm³/mol. The van der Waals surface area contributed by atoms with Gasteiger partial charge in [-0.25, -0.2) is 0 Å². The van der Waals surface area contributed by atoms with E-state index in [1.165, 1.54) is 6.42 Å². The zero-order chi connectivity index (χ0) is 10.6. The molecule has 0 radical (unpaired) electrons. The Labute approximate surface area is 86.6 Å². The highest BCUT2D eigenvalue weighted by Gasteiger charge is 2.24. The second-order valence-electron chi connectivity index (χ2n) is 4.64. The molecule has 1 aliphatic heterocycles. The van der Waals surface area contributed by atoms with Crippen LogP contribution in [0.2, 0.25) is 0 Å². The van der Waals surface area contributed by atoms with Crippen molar-refractivity contribution in [1.82, 2.24) is 4.90 Å². The zero-order valence-electron chi connectivity index (χ0n) is 9.33. The molecule has 1 rings (SSSR count). The minimum absolute atomic E-state index is 0.286. The van der Waals surface area contributed by atoms with Gasteiger partial charge in [0.05, 0.1) is 0 Å². The highest BCUT2D eigenvalue weighted by atomic mass is 16.2. The molecular formula is C11H22N2O. The average molecular weight is 198 g/mol. The molecule has 2 atom stereocenters. The van der Waals surface area contributed by atoms with E-state index in [0.29, 0.717) is 24.8 Å². The number of carbonyl (C=O) groups excluding carboxylic acids is 1. The molecule has 1 aliphatic rings. The van der Waals surface area contributed by atoms with Crippen LogP contribution in [0.4, 0.5) is 0 Å². The first-order valence-corrected chi connectivity index (χ1v) is 5.61. The summed E-state index contributed by atoms with van der Waals surface area (Å²) in [7, 11) is 0. The Morgan fingerprint density at radius 3 is 2.43 bits per heavy atom. The van der Waals surface area contributed by atoms with E-state index in [-0.39, 0.29) is 5.91 Å². The van der Waals surface area contributed by atoms with E-state index in [2.05, 4.69) is 13.8 Å². The predicted octanol–water partition coefficient (Wildman–Crippen LogP) is 1.23. The summed E-state index contributed by atoms with van der Waals surface area (Å²) >= 11 is 0. The summed E-state index contributed by atoms with van der Waals surface area (Å²) in [5.41, 5.74) is 5.39. The Morgan fingerprint density at radius 2 is 1.93 bits per heavy atom. The molecule has 82 valence electrons. The lowest BCUT2D eigenvalue weighted by atomic mass is 9.91. The van der Waals surface area contributed by atoms with E-state index >= 15 is 0 Å². The first kappa shape index (κ1) is 11.5. The topological polar surface area (TPSA) is 46.3 Å². The summed E-state index contributed by atoms with van der Waals surface area (Å²) in [5.74, 6) is 1.59. The zero-order valence-corrected chi connectivity index (χ0v) is 9.33. The number of piperidine rings is 1. The van der Waals surface area contributed by atoms with Gasteiger partial charge in [0.25, 0.3) is 0 Å². The monoisotopic (exact) mass is 198 g/mol. The van der Waals surface area contributed by atoms with E-state index in [9.17, 15) is 4.79 Å². The third kappa shape index (κ3) is 3.29. The number of amides is 1. The van der Waals surface area contributed by atoms with Crippen molar-refractivity contribution in [2.45, 2.75) is 33.1 Å². The van der Waals surface area contributed by atoms with Gasteiger partial charge in [-0.1, -0.05) is 13.8 Å². The van der Waals surface area contributed by atoms with Crippen LogP contribution < -0.4 is 5.73 Å². The van der Waals surface area contributed by atoms with E-state index in [1.54, 1.807) is 0 Å². The number of hydrogen-bond donors (Lipinski definition) is 1. The molecule has 1 fully saturated rings. The third-order valence-electron chi connectivity index (χ3n) is 2.82. The van der Waals surface area contributed by atoms with Crippen molar-refractivity contribution in [3.8, 4) is 0 Å². The van der Waals surface area contributed by atoms with Crippen LogP contribution in [-0.4, -0.2) is 30.4 Å². The lowest BCUT2D eigenvalue weighted by Crippen LogP contribution is -2.42. The summed E-state index contributed by atoms with van der Waals surface area (Å²) in [6.07, 6.45) is 2.69. The van der Waals surface area contributed by atoms with Crippen LogP contribution in [0.25, 0.3) is 0 Å². The van der Waals surface area contributed by atoms with E-state index < -0.39 is 0 Å². The van der Waals surface area contributed by atoms with E-state index in [0.717, 1.165) is 19.5 Å². The van der Waals surface area contributed by atoms with Gasteiger partial charge in [-0.15, -0.1) is 0 Å². The number of rotatable bonds is 3. The molecule has 2 N–H and O–H groups in total. The molecule has 14 heavy (non-hydrogen) atoms. The fraction of sp³-hybridized carbons (Fsp3) is 0.909. The normalized spacial score (nSPS) is 27.8. The molecule has 1 amide bonds. The standard InChI is InChI=1S/C11H22N2O/c1-9-6-10(2)8-13(7-9)11(14)4-3-5-12/h9-10H,3-8,12H2,1-2H3. The minimum Gasteiger partial charge on any atom is -0.342 e. The Kier molecular flexibility index (Phi) is 4.39. The Balaban J connectivity index is 2.38. The first-order valence-electron chi connectivity index (χ1n) is 5.61. The van der Waals surface area contributed by atoms with Gasteiger partial charge in [0.1, 0.15) is 0 Å². The fourth-order valence-corrected chi connectivity index (χ4v) is 2.28. The van der Waals surface area contributed by atoms with Gasteiger partial charge in [-0.2, -0.15) is 0 Å². The Bertz CT molecular complexity index is 184. The van der Waals surface area contributed by atoms with Gasteiger partial charge in [0.2, 0.25) is 5.91 Å². The van der Waals surface area contributed by atoms with Gasteiger partial charge in [-0.3, -0.25) is 4.79 Å². The molecule has 1 heterocycles. The number of nitrogens with two attached hydrogens (primary N) is 1. The second-order valence-corrected chi connectivity index (χ2v) is 4.64. The summed E-state index contributed by atoms with van der Waals surface area (Å²) in [6, 6.07) is 0. The molecule has 0 aliphatic carbocycles. The van der Waals surface area contributed by atoms with Crippen LogP contribution in [-0.2, 0) is 4.79 Å². The van der Waals surface area contributed by atoms with Crippen molar-refractivity contribution in [2.75, 3.05) is 19.6 Å². The summed E-state index contributed by atoms with van der Waals surface area (Å²) in [4.78, 5) is 13.7. The summed E-state index contributed by atoms with van der Waals surface area (Å²) in [6.45, 7) is 6.93. The lowest BCUT2D eigenvalue weighted by molar-refractivity contribution is -0.133. The molecular weight excluding hydrogens is 176 g/mol. The highest BCUT2D eigenvalue weighted by Crippen LogP contribution is 2.21. The molecule has 2 unspecified atom stereocenters.